The third-order valence-electron chi connectivity index (χ3n) is 14.7. The topological polar surface area (TPSA) is 95.9 Å². The lowest BCUT2D eigenvalue weighted by molar-refractivity contribution is -0.143. The van der Waals surface area contributed by atoms with Crippen molar-refractivity contribution >= 4 is 11.9 Å². The van der Waals surface area contributed by atoms with Crippen LogP contribution in [0.15, 0.2) is 36.5 Å². The number of allylic oxidation sites excluding steroid dienone is 5. The van der Waals surface area contributed by atoms with Gasteiger partial charge in [-0.2, -0.15) is 0 Å². The van der Waals surface area contributed by atoms with Crippen LogP contribution >= 0.6 is 0 Å². The van der Waals surface area contributed by atoms with Gasteiger partial charge in [-0.3, -0.25) is 9.59 Å². The molecular weight excluding hydrogens is 875 g/mol. The number of ether oxygens (including phenoxy) is 1. The summed E-state index contributed by atoms with van der Waals surface area (Å²) in [5, 5.41) is 23.1. The standard InChI is InChI=1S/C65H123NO5/c1-3-5-7-9-11-13-15-17-30-35-39-43-47-51-55-59-65(70)71-60-56-52-48-44-40-36-32-29-27-25-23-21-19-18-20-22-24-26-28-31-34-38-42-46-50-54-58-64(69)66-62(61-67)63(68)57-53-49-45-41-37-33-16-14-12-10-8-6-4-2/h11,13,17,30,53,57,62-63,67-68H,3-10,12,14-16,18-29,31-52,54-56,58-61H2,1-2H3,(H,66,69)/b13-11-,30-17-,57-53+. The first-order valence-corrected chi connectivity index (χ1v) is 31.8. The van der Waals surface area contributed by atoms with Gasteiger partial charge in [-0.15, -0.1) is 0 Å². The van der Waals surface area contributed by atoms with Gasteiger partial charge in [-0.1, -0.05) is 301 Å². The molecule has 0 aliphatic carbocycles. The molecule has 2 unspecified atom stereocenters. The van der Waals surface area contributed by atoms with Gasteiger partial charge in [0.05, 0.1) is 25.4 Å². The smallest absolute Gasteiger partial charge is 0.305 e. The Morgan fingerprint density at radius 3 is 1.10 bits per heavy atom. The molecule has 0 aliphatic heterocycles. The fourth-order valence-electron chi connectivity index (χ4n) is 9.78. The molecule has 0 saturated carbocycles. The summed E-state index contributed by atoms with van der Waals surface area (Å²) in [7, 11) is 0. The van der Waals surface area contributed by atoms with Crippen molar-refractivity contribution in [2.24, 2.45) is 0 Å². The molecule has 0 rings (SSSR count). The number of carbonyl (C=O) groups is 2. The summed E-state index contributed by atoms with van der Waals surface area (Å²) in [6, 6.07) is -0.625. The summed E-state index contributed by atoms with van der Waals surface area (Å²) in [6.07, 6.45) is 76.2. The number of carbonyl (C=O) groups excluding carboxylic acids is 2. The van der Waals surface area contributed by atoms with Crippen molar-refractivity contribution in [3.8, 4) is 0 Å². The first-order chi connectivity index (χ1) is 35.0. The van der Waals surface area contributed by atoms with Gasteiger partial charge < -0.3 is 20.3 Å². The summed E-state index contributed by atoms with van der Waals surface area (Å²) in [5.41, 5.74) is 0. The predicted octanol–water partition coefficient (Wildman–Crippen LogP) is 20.0. The van der Waals surface area contributed by atoms with Crippen molar-refractivity contribution < 1.29 is 24.5 Å². The highest BCUT2D eigenvalue weighted by atomic mass is 16.5. The fraction of sp³-hybridized carbons (Fsp3) is 0.877. The van der Waals surface area contributed by atoms with Crippen molar-refractivity contribution in [1.29, 1.82) is 0 Å². The molecule has 71 heavy (non-hydrogen) atoms. The number of amides is 1. The molecule has 0 saturated heterocycles. The molecule has 0 heterocycles. The van der Waals surface area contributed by atoms with Crippen LogP contribution in [-0.2, 0) is 14.3 Å². The van der Waals surface area contributed by atoms with Crippen LogP contribution in [0.25, 0.3) is 0 Å². The van der Waals surface area contributed by atoms with Crippen LogP contribution in [0.4, 0.5) is 0 Å². The van der Waals surface area contributed by atoms with Crippen LogP contribution in [0.2, 0.25) is 0 Å². The second-order valence-corrected chi connectivity index (χ2v) is 21.7. The molecule has 0 aromatic carbocycles. The largest absolute Gasteiger partial charge is 0.466 e. The molecule has 2 atom stereocenters. The molecule has 0 aromatic rings. The summed E-state index contributed by atoms with van der Waals surface area (Å²) in [6.45, 7) is 4.88. The number of hydrogen-bond donors (Lipinski definition) is 3. The van der Waals surface area contributed by atoms with Crippen molar-refractivity contribution in [2.45, 2.75) is 353 Å². The number of aliphatic hydroxyl groups is 2. The van der Waals surface area contributed by atoms with Crippen LogP contribution in [0.1, 0.15) is 341 Å². The predicted molar refractivity (Wildman–Crippen MR) is 310 cm³/mol. The van der Waals surface area contributed by atoms with Crippen LogP contribution in [0.3, 0.4) is 0 Å². The van der Waals surface area contributed by atoms with E-state index in [4.69, 9.17) is 4.74 Å². The van der Waals surface area contributed by atoms with E-state index in [9.17, 15) is 19.8 Å². The quantitative estimate of drug-likeness (QED) is 0.0321. The van der Waals surface area contributed by atoms with E-state index < -0.39 is 12.1 Å². The summed E-state index contributed by atoms with van der Waals surface area (Å²) in [5.74, 6) is -0.0625. The maximum Gasteiger partial charge on any atom is 0.305 e. The van der Waals surface area contributed by atoms with Gasteiger partial charge in [-0.25, -0.2) is 0 Å². The zero-order valence-corrected chi connectivity index (χ0v) is 47.7. The Morgan fingerprint density at radius 1 is 0.394 bits per heavy atom. The lowest BCUT2D eigenvalue weighted by Gasteiger charge is -2.20. The number of aliphatic hydroxyl groups excluding tert-OH is 2. The molecule has 0 bridgehead atoms. The van der Waals surface area contributed by atoms with E-state index in [2.05, 4.69) is 43.5 Å². The Bertz CT molecular complexity index is 1150. The van der Waals surface area contributed by atoms with Crippen LogP contribution in [0, 0.1) is 0 Å². The molecular formula is C65H123NO5. The van der Waals surface area contributed by atoms with Crippen molar-refractivity contribution in [3.05, 3.63) is 36.5 Å². The average Bonchev–Trinajstić information content (AvgIpc) is 3.37. The number of esters is 1. The van der Waals surface area contributed by atoms with Crippen molar-refractivity contribution in [1.82, 2.24) is 5.32 Å². The van der Waals surface area contributed by atoms with Gasteiger partial charge in [0.1, 0.15) is 0 Å². The number of hydrogen-bond acceptors (Lipinski definition) is 5. The summed E-state index contributed by atoms with van der Waals surface area (Å²) in [4.78, 5) is 24.5. The Labute approximate surface area is 443 Å². The molecule has 3 N–H and O–H groups in total. The molecule has 6 nitrogen and oxygen atoms in total. The Hall–Kier alpha value is -1.92. The highest BCUT2D eigenvalue weighted by Gasteiger charge is 2.18. The third kappa shape index (κ3) is 57.2. The average molecular weight is 999 g/mol. The normalized spacial score (nSPS) is 12.8. The monoisotopic (exact) mass is 998 g/mol. The van der Waals surface area contributed by atoms with Gasteiger partial charge in [0.2, 0.25) is 5.91 Å². The van der Waals surface area contributed by atoms with E-state index >= 15 is 0 Å². The number of rotatable bonds is 59. The molecule has 0 aliphatic rings. The van der Waals surface area contributed by atoms with E-state index in [0.717, 1.165) is 51.4 Å². The van der Waals surface area contributed by atoms with Gasteiger partial charge in [0.25, 0.3) is 0 Å². The molecule has 0 spiro atoms. The Kier molecular flexibility index (Phi) is 59.0. The minimum absolute atomic E-state index is 0.00280. The van der Waals surface area contributed by atoms with E-state index in [0.29, 0.717) is 19.4 Å². The SMILES string of the molecule is CCCCC/C=C\C/C=C\CCCCCCCC(=O)OCCCCCCCCCCCCCCCCCCCCCCCCCCCCC(=O)NC(CO)C(O)/C=C/CCCCCCCCCCCCC. The lowest BCUT2D eigenvalue weighted by Crippen LogP contribution is -2.45. The van der Waals surface area contributed by atoms with Crippen molar-refractivity contribution in [3.63, 3.8) is 0 Å². The molecule has 1 amide bonds. The number of unbranched alkanes of at least 4 members (excludes halogenated alkanes) is 44. The van der Waals surface area contributed by atoms with E-state index in [1.807, 2.05) is 6.08 Å². The van der Waals surface area contributed by atoms with E-state index in [1.165, 1.54) is 263 Å². The molecule has 418 valence electrons. The highest BCUT2D eigenvalue weighted by molar-refractivity contribution is 5.76. The first kappa shape index (κ1) is 69.1. The summed E-state index contributed by atoms with van der Waals surface area (Å²) >= 11 is 0. The van der Waals surface area contributed by atoms with Gasteiger partial charge in [0, 0.05) is 12.8 Å². The summed E-state index contributed by atoms with van der Waals surface area (Å²) < 4.78 is 5.48. The van der Waals surface area contributed by atoms with Gasteiger partial charge >= 0.3 is 5.97 Å². The molecule has 0 fully saturated rings. The van der Waals surface area contributed by atoms with Crippen LogP contribution < -0.4 is 5.32 Å². The molecule has 0 aromatic heterocycles. The minimum atomic E-state index is -0.842. The highest BCUT2D eigenvalue weighted by Crippen LogP contribution is 2.18. The third-order valence-corrected chi connectivity index (χ3v) is 14.7. The second kappa shape index (κ2) is 60.6. The lowest BCUT2D eigenvalue weighted by atomic mass is 10.0. The maximum absolute atomic E-state index is 12.5. The Morgan fingerprint density at radius 2 is 0.704 bits per heavy atom. The first-order valence-electron chi connectivity index (χ1n) is 31.8. The number of nitrogens with one attached hydrogen (secondary N) is 1. The zero-order valence-electron chi connectivity index (χ0n) is 47.7. The molecule has 0 radical (unpaired) electrons. The minimum Gasteiger partial charge on any atom is -0.466 e. The Balaban J connectivity index is 3.36. The van der Waals surface area contributed by atoms with Crippen molar-refractivity contribution in [2.75, 3.05) is 13.2 Å². The van der Waals surface area contributed by atoms with Crippen LogP contribution in [-0.4, -0.2) is 47.4 Å². The maximum atomic E-state index is 12.5. The second-order valence-electron chi connectivity index (χ2n) is 21.7. The fourth-order valence-corrected chi connectivity index (χ4v) is 9.78. The van der Waals surface area contributed by atoms with E-state index in [-0.39, 0.29) is 18.5 Å². The van der Waals surface area contributed by atoms with E-state index in [1.54, 1.807) is 6.08 Å². The van der Waals surface area contributed by atoms with Gasteiger partial charge in [-0.05, 0) is 64.2 Å². The van der Waals surface area contributed by atoms with Crippen LogP contribution in [0.5, 0.6) is 0 Å². The van der Waals surface area contributed by atoms with Gasteiger partial charge in [0.15, 0.2) is 0 Å². The molecule has 6 heteroatoms. The zero-order chi connectivity index (χ0) is 51.4.